The van der Waals surface area contributed by atoms with Crippen molar-refractivity contribution in [2.24, 2.45) is 0 Å². The van der Waals surface area contributed by atoms with Crippen molar-refractivity contribution in [2.75, 3.05) is 10.5 Å². The summed E-state index contributed by atoms with van der Waals surface area (Å²) in [4.78, 5) is 0.183. The molecule has 5 heteroatoms. The van der Waals surface area contributed by atoms with Crippen LogP contribution in [0.5, 0.6) is 0 Å². The number of benzene rings is 2. The lowest BCUT2D eigenvalue weighted by Crippen LogP contribution is -2.14. The van der Waals surface area contributed by atoms with Crippen LogP contribution in [0, 0.1) is 27.7 Å². The van der Waals surface area contributed by atoms with Crippen molar-refractivity contribution < 1.29 is 8.42 Å². The highest BCUT2D eigenvalue weighted by Gasteiger charge is 2.16. The second kappa shape index (κ2) is 5.41. The van der Waals surface area contributed by atoms with Crippen LogP contribution in [0.15, 0.2) is 35.2 Å². The lowest BCUT2D eigenvalue weighted by atomic mass is 10.1. The second-order valence-electron chi connectivity index (χ2n) is 5.44. The van der Waals surface area contributed by atoms with E-state index in [4.69, 9.17) is 5.73 Å². The van der Waals surface area contributed by atoms with E-state index in [0.717, 1.165) is 22.3 Å². The molecule has 4 nitrogen and oxygen atoms in total. The van der Waals surface area contributed by atoms with E-state index >= 15 is 0 Å². The number of nitrogens with two attached hydrogens (primary N) is 1. The molecule has 0 unspecified atom stereocenters. The van der Waals surface area contributed by atoms with Crippen molar-refractivity contribution in [3.05, 3.63) is 52.6 Å². The minimum Gasteiger partial charge on any atom is -0.398 e. The minimum atomic E-state index is -3.64. The molecule has 0 spiro atoms. The van der Waals surface area contributed by atoms with Gasteiger partial charge in [-0.2, -0.15) is 0 Å². The molecule has 0 saturated carbocycles. The van der Waals surface area contributed by atoms with E-state index in [1.807, 2.05) is 33.8 Å². The van der Waals surface area contributed by atoms with Crippen LogP contribution in [0.2, 0.25) is 0 Å². The summed E-state index contributed by atoms with van der Waals surface area (Å²) in [6, 6.07) is 8.72. The predicted molar refractivity (Wildman–Crippen MR) is 87.1 cm³/mol. The van der Waals surface area contributed by atoms with E-state index in [1.165, 1.54) is 6.07 Å². The van der Waals surface area contributed by atoms with Gasteiger partial charge in [-0.3, -0.25) is 4.72 Å². The molecule has 0 aliphatic carbocycles. The van der Waals surface area contributed by atoms with Gasteiger partial charge in [-0.25, -0.2) is 8.42 Å². The van der Waals surface area contributed by atoms with E-state index in [2.05, 4.69) is 4.72 Å². The molecular weight excluding hydrogens is 284 g/mol. The molecular formula is C16H20N2O2S. The van der Waals surface area contributed by atoms with Crippen LogP contribution in [0.25, 0.3) is 0 Å². The standard InChI is InChI=1S/C16H20N2O2S/c1-10-5-11(2)7-14(6-10)18-21(19,20)15-8-12(3)13(4)16(17)9-15/h5-9,18H,17H2,1-4H3. The third kappa shape index (κ3) is 3.36. The SMILES string of the molecule is Cc1cc(C)cc(NS(=O)(=O)c2cc(C)c(C)c(N)c2)c1. The highest BCUT2D eigenvalue weighted by Crippen LogP contribution is 2.24. The van der Waals surface area contributed by atoms with Gasteiger partial charge in [-0.1, -0.05) is 6.07 Å². The van der Waals surface area contributed by atoms with Crippen molar-refractivity contribution in [3.63, 3.8) is 0 Å². The van der Waals surface area contributed by atoms with Gasteiger partial charge in [-0.15, -0.1) is 0 Å². The maximum atomic E-state index is 12.5. The van der Waals surface area contributed by atoms with Gasteiger partial charge in [0.15, 0.2) is 0 Å². The van der Waals surface area contributed by atoms with Gasteiger partial charge in [0, 0.05) is 11.4 Å². The lowest BCUT2D eigenvalue weighted by molar-refractivity contribution is 0.601. The summed E-state index contributed by atoms with van der Waals surface area (Å²) in [5.74, 6) is 0. The number of nitrogen functional groups attached to an aromatic ring is 1. The third-order valence-corrected chi connectivity index (χ3v) is 4.83. The first-order valence-electron chi connectivity index (χ1n) is 6.67. The first-order chi connectivity index (χ1) is 9.69. The molecule has 0 saturated heterocycles. The number of nitrogens with one attached hydrogen (secondary N) is 1. The normalized spacial score (nSPS) is 11.4. The summed E-state index contributed by atoms with van der Waals surface area (Å²) in [7, 11) is -3.64. The number of hydrogen-bond acceptors (Lipinski definition) is 3. The molecule has 3 N–H and O–H groups in total. The van der Waals surface area contributed by atoms with Gasteiger partial charge in [0.1, 0.15) is 0 Å². The molecule has 2 aromatic carbocycles. The van der Waals surface area contributed by atoms with Crippen LogP contribution >= 0.6 is 0 Å². The fourth-order valence-corrected chi connectivity index (χ4v) is 3.42. The van der Waals surface area contributed by atoms with Gasteiger partial charge in [-0.05, 0) is 74.2 Å². The van der Waals surface area contributed by atoms with Crippen molar-refractivity contribution in [3.8, 4) is 0 Å². The zero-order valence-electron chi connectivity index (χ0n) is 12.7. The van der Waals surface area contributed by atoms with Gasteiger partial charge in [0.05, 0.1) is 4.90 Å². The fourth-order valence-electron chi connectivity index (χ4n) is 2.26. The average molecular weight is 304 g/mol. The van der Waals surface area contributed by atoms with Crippen molar-refractivity contribution >= 4 is 21.4 Å². The van der Waals surface area contributed by atoms with Gasteiger partial charge >= 0.3 is 0 Å². The van der Waals surface area contributed by atoms with Crippen LogP contribution in [0.4, 0.5) is 11.4 Å². The Kier molecular flexibility index (Phi) is 3.96. The molecule has 2 rings (SSSR count). The topological polar surface area (TPSA) is 72.2 Å². The Hall–Kier alpha value is -2.01. The average Bonchev–Trinajstić information content (AvgIpc) is 2.33. The summed E-state index contributed by atoms with van der Waals surface area (Å²) >= 11 is 0. The maximum Gasteiger partial charge on any atom is 0.261 e. The number of sulfonamides is 1. The van der Waals surface area contributed by atoms with Crippen molar-refractivity contribution in [2.45, 2.75) is 32.6 Å². The van der Waals surface area contributed by atoms with E-state index in [-0.39, 0.29) is 4.90 Å². The molecule has 0 amide bonds. The third-order valence-electron chi connectivity index (χ3n) is 3.47. The van der Waals surface area contributed by atoms with Crippen LogP contribution in [0.1, 0.15) is 22.3 Å². The molecule has 21 heavy (non-hydrogen) atoms. The zero-order chi connectivity index (χ0) is 15.8. The molecule has 2 aromatic rings. The summed E-state index contributed by atoms with van der Waals surface area (Å²) in [6.07, 6.45) is 0. The highest BCUT2D eigenvalue weighted by atomic mass is 32.2. The summed E-state index contributed by atoms with van der Waals surface area (Å²) in [6.45, 7) is 7.58. The minimum absolute atomic E-state index is 0.183. The molecule has 0 aliphatic rings. The molecule has 112 valence electrons. The van der Waals surface area contributed by atoms with Crippen molar-refractivity contribution in [1.29, 1.82) is 0 Å². The Labute approximate surface area is 126 Å². The Morgan fingerprint density at radius 2 is 1.48 bits per heavy atom. The number of rotatable bonds is 3. The molecule has 0 aliphatic heterocycles. The summed E-state index contributed by atoms with van der Waals surface area (Å²) in [5, 5.41) is 0. The number of aryl methyl sites for hydroxylation is 3. The molecule has 0 fully saturated rings. The zero-order valence-corrected chi connectivity index (χ0v) is 13.5. The summed E-state index contributed by atoms with van der Waals surface area (Å²) < 4.78 is 27.6. The molecule has 0 radical (unpaired) electrons. The molecule has 0 aromatic heterocycles. The van der Waals surface area contributed by atoms with E-state index < -0.39 is 10.0 Å². The van der Waals surface area contributed by atoms with Crippen LogP contribution < -0.4 is 10.5 Å². The Morgan fingerprint density at radius 3 is 2.00 bits per heavy atom. The second-order valence-corrected chi connectivity index (χ2v) is 7.12. The predicted octanol–water partition coefficient (Wildman–Crippen LogP) is 3.30. The number of anilines is 2. The van der Waals surface area contributed by atoms with Gasteiger partial charge in [0.2, 0.25) is 0 Å². The van der Waals surface area contributed by atoms with Gasteiger partial charge < -0.3 is 5.73 Å². The van der Waals surface area contributed by atoms with E-state index in [9.17, 15) is 8.42 Å². The Morgan fingerprint density at radius 1 is 0.905 bits per heavy atom. The highest BCUT2D eigenvalue weighted by molar-refractivity contribution is 7.92. The first-order valence-corrected chi connectivity index (χ1v) is 8.15. The summed E-state index contributed by atoms with van der Waals surface area (Å²) in [5.41, 5.74) is 10.7. The van der Waals surface area contributed by atoms with Crippen LogP contribution in [-0.4, -0.2) is 8.42 Å². The monoisotopic (exact) mass is 304 g/mol. The quantitative estimate of drug-likeness (QED) is 0.855. The molecule has 0 atom stereocenters. The van der Waals surface area contributed by atoms with E-state index in [1.54, 1.807) is 18.2 Å². The smallest absolute Gasteiger partial charge is 0.261 e. The first kappa shape index (κ1) is 15.4. The lowest BCUT2D eigenvalue weighted by Gasteiger charge is -2.12. The molecule has 0 heterocycles. The Balaban J connectivity index is 2.43. The largest absolute Gasteiger partial charge is 0.398 e. The van der Waals surface area contributed by atoms with Crippen LogP contribution in [0.3, 0.4) is 0 Å². The van der Waals surface area contributed by atoms with Crippen LogP contribution in [-0.2, 0) is 10.0 Å². The van der Waals surface area contributed by atoms with Gasteiger partial charge in [0.25, 0.3) is 10.0 Å². The maximum absolute atomic E-state index is 12.5. The fraction of sp³-hybridized carbons (Fsp3) is 0.250. The molecule has 0 bridgehead atoms. The Bertz CT molecular complexity index is 753. The number of hydrogen-bond donors (Lipinski definition) is 2. The van der Waals surface area contributed by atoms with E-state index in [0.29, 0.717) is 11.4 Å². The van der Waals surface area contributed by atoms with Crippen molar-refractivity contribution in [1.82, 2.24) is 0 Å².